The van der Waals surface area contributed by atoms with Crippen molar-refractivity contribution in [2.24, 2.45) is 0 Å². The molecular formula is C19H24N2O5. The van der Waals surface area contributed by atoms with Crippen molar-refractivity contribution < 1.29 is 23.8 Å². The molecule has 140 valence electrons. The monoisotopic (exact) mass is 360 g/mol. The van der Waals surface area contributed by atoms with Crippen LogP contribution in [0.1, 0.15) is 26.2 Å². The minimum Gasteiger partial charge on any atom is -0.479 e. The Morgan fingerprint density at radius 3 is 2.62 bits per heavy atom. The molecule has 1 aromatic carbocycles. The van der Waals surface area contributed by atoms with Gasteiger partial charge in [0.05, 0.1) is 18.9 Å². The zero-order valence-corrected chi connectivity index (χ0v) is 15.0. The third-order valence-electron chi connectivity index (χ3n) is 5.31. The van der Waals surface area contributed by atoms with Crippen LogP contribution >= 0.6 is 0 Å². The molecule has 1 aromatic rings. The lowest BCUT2D eigenvalue weighted by molar-refractivity contribution is -0.187. The Bertz CT molecular complexity index is 691. The number of amides is 2. The fourth-order valence-corrected chi connectivity index (χ4v) is 3.84. The SMILES string of the molecule is CC1Oc2ccccc2N(CCC(=O)N2CCC3(CC2)OCCO3)C1=O. The fourth-order valence-electron chi connectivity index (χ4n) is 3.84. The van der Waals surface area contributed by atoms with Crippen LogP contribution in [-0.2, 0) is 19.1 Å². The summed E-state index contributed by atoms with van der Waals surface area (Å²) >= 11 is 0. The van der Waals surface area contributed by atoms with Gasteiger partial charge in [0.15, 0.2) is 11.9 Å². The van der Waals surface area contributed by atoms with Gasteiger partial charge in [-0.1, -0.05) is 12.1 Å². The van der Waals surface area contributed by atoms with E-state index < -0.39 is 11.9 Å². The van der Waals surface area contributed by atoms with E-state index in [-0.39, 0.29) is 11.8 Å². The van der Waals surface area contributed by atoms with E-state index in [2.05, 4.69) is 0 Å². The Kier molecular flexibility index (Phi) is 4.58. The normalized spacial score (nSPS) is 24.5. The van der Waals surface area contributed by atoms with E-state index in [1.807, 2.05) is 29.2 Å². The fraction of sp³-hybridized carbons (Fsp3) is 0.579. The Hall–Kier alpha value is -2.12. The summed E-state index contributed by atoms with van der Waals surface area (Å²) < 4.78 is 17.0. The highest BCUT2D eigenvalue weighted by atomic mass is 16.7. The number of carbonyl (C=O) groups is 2. The van der Waals surface area contributed by atoms with Crippen LogP contribution in [0.25, 0.3) is 0 Å². The molecule has 2 amide bonds. The van der Waals surface area contributed by atoms with Crippen molar-refractivity contribution in [3.05, 3.63) is 24.3 Å². The largest absolute Gasteiger partial charge is 0.479 e. The number of anilines is 1. The molecule has 1 atom stereocenters. The van der Waals surface area contributed by atoms with Crippen LogP contribution in [0.2, 0.25) is 0 Å². The Morgan fingerprint density at radius 2 is 1.88 bits per heavy atom. The van der Waals surface area contributed by atoms with Gasteiger partial charge in [0, 0.05) is 38.9 Å². The summed E-state index contributed by atoms with van der Waals surface area (Å²) in [4.78, 5) is 28.6. The van der Waals surface area contributed by atoms with E-state index in [0.29, 0.717) is 57.9 Å². The quantitative estimate of drug-likeness (QED) is 0.818. The predicted octanol–water partition coefficient (Wildman–Crippen LogP) is 1.56. The number of carbonyl (C=O) groups excluding carboxylic acids is 2. The number of hydrogen-bond acceptors (Lipinski definition) is 5. The number of fused-ring (bicyclic) bond motifs is 1. The summed E-state index contributed by atoms with van der Waals surface area (Å²) in [6.45, 7) is 4.61. The van der Waals surface area contributed by atoms with Gasteiger partial charge >= 0.3 is 0 Å². The molecule has 3 aliphatic heterocycles. The molecule has 0 N–H and O–H groups in total. The molecule has 2 saturated heterocycles. The highest BCUT2D eigenvalue weighted by molar-refractivity contribution is 6.00. The highest BCUT2D eigenvalue weighted by Gasteiger charge is 2.41. The minimum absolute atomic E-state index is 0.0577. The second-order valence-electron chi connectivity index (χ2n) is 6.96. The van der Waals surface area contributed by atoms with Crippen LogP contribution in [0.5, 0.6) is 5.75 Å². The van der Waals surface area contributed by atoms with Crippen molar-refractivity contribution in [3.8, 4) is 5.75 Å². The van der Waals surface area contributed by atoms with Crippen LogP contribution < -0.4 is 9.64 Å². The first-order valence-corrected chi connectivity index (χ1v) is 9.21. The van der Waals surface area contributed by atoms with Crippen LogP contribution in [0, 0.1) is 0 Å². The van der Waals surface area contributed by atoms with Gasteiger partial charge in [-0.15, -0.1) is 0 Å². The third kappa shape index (κ3) is 3.17. The average molecular weight is 360 g/mol. The van der Waals surface area contributed by atoms with Crippen molar-refractivity contribution in [1.82, 2.24) is 4.90 Å². The van der Waals surface area contributed by atoms with Crippen LogP contribution in [0.15, 0.2) is 24.3 Å². The van der Waals surface area contributed by atoms with Gasteiger partial charge in [0.25, 0.3) is 5.91 Å². The van der Waals surface area contributed by atoms with E-state index in [4.69, 9.17) is 14.2 Å². The molecule has 7 heteroatoms. The number of nitrogens with zero attached hydrogens (tertiary/aromatic N) is 2. The zero-order chi connectivity index (χ0) is 18.1. The van der Waals surface area contributed by atoms with Gasteiger partial charge in [0.2, 0.25) is 5.91 Å². The molecule has 2 fully saturated rings. The summed E-state index contributed by atoms with van der Waals surface area (Å²) in [5.74, 6) is 0.150. The minimum atomic E-state index is -0.536. The van der Waals surface area contributed by atoms with Crippen molar-refractivity contribution in [1.29, 1.82) is 0 Å². The summed E-state index contributed by atoms with van der Waals surface area (Å²) in [5, 5.41) is 0. The third-order valence-corrected chi connectivity index (χ3v) is 5.31. The maximum atomic E-state index is 12.6. The number of ether oxygens (including phenoxy) is 3. The van der Waals surface area contributed by atoms with E-state index >= 15 is 0 Å². The number of benzene rings is 1. The zero-order valence-electron chi connectivity index (χ0n) is 15.0. The molecule has 3 aliphatic rings. The van der Waals surface area contributed by atoms with Gasteiger partial charge in [-0.25, -0.2) is 0 Å². The first kappa shape index (κ1) is 17.3. The molecule has 26 heavy (non-hydrogen) atoms. The molecular weight excluding hydrogens is 336 g/mol. The first-order valence-electron chi connectivity index (χ1n) is 9.21. The highest BCUT2D eigenvalue weighted by Crippen LogP contribution is 2.34. The second kappa shape index (κ2) is 6.89. The Balaban J connectivity index is 1.36. The van der Waals surface area contributed by atoms with Crippen LogP contribution in [0.3, 0.4) is 0 Å². The molecule has 1 spiro atoms. The standard InChI is InChI=1S/C19H24N2O5/c1-14-18(23)21(15-4-2-3-5-16(15)26-14)9-6-17(22)20-10-7-19(8-11-20)24-12-13-25-19/h2-5,14H,6-13H2,1H3. The molecule has 3 heterocycles. The van der Waals surface area contributed by atoms with Crippen molar-refractivity contribution in [3.63, 3.8) is 0 Å². The molecule has 1 unspecified atom stereocenters. The lowest BCUT2D eigenvalue weighted by atomic mass is 10.0. The van der Waals surface area contributed by atoms with E-state index in [1.54, 1.807) is 11.8 Å². The molecule has 4 rings (SSSR count). The van der Waals surface area contributed by atoms with E-state index in [0.717, 1.165) is 5.69 Å². The Labute approximate surface area is 152 Å². The maximum Gasteiger partial charge on any atom is 0.267 e. The lowest BCUT2D eigenvalue weighted by Crippen LogP contribution is -2.49. The molecule has 7 nitrogen and oxygen atoms in total. The molecule has 0 aliphatic carbocycles. The van der Waals surface area contributed by atoms with E-state index in [1.165, 1.54) is 0 Å². The van der Waals surface area contributed by atoms with Crippen molar-refractivity contribution >= 4 is 17.5 Å². The Morgan fingerprint density at radius 1 is 1.19 bits per heavy atom. The topological polar surface area (TPSA) is 68.3 Å². The van der Waals surface area contributed by atoms with Gasteiger partial charge in [-0.3, -0.25) is 9.59 Å². The van der Waals surface area contributed by atoms with E-state index in [9.17, 15) is 9.59 Å². The number of para-hydroxylation sites is 2. The number of piperidine rings is 1. The number of likely N-dealkylation sites (tertiary alicyclic amines) is 1. The first-order chi connectivity index (χ1) is 12.6. The van der Waals surface area contributed by atoms with Crippen LogP contribution in [-0.4, -0.2) is 61.5 Å². The summed E-state index contributed by atoms with van der Waals surface area (Å²) in [6.07, 6.45) is 1.16. The van der Waals surface area contributed by atoms with Gasteiger partial charge in [-0.05, 0) is 19.1 Å². The molecule has 0 aromatic heterocycles. The van der Waals surface area contributed by atoms with Gasteiger partial charge < -0.3 is 24.0 Å². The van der Waals surface area contributed by atoms with Gasteiger partial charge in [-0.2, -0.15) is 0 Å². The van der Waals surface area contributed by atoms with Crippen molar-refractivity contribution in [2.75, 3.05) is 37.7 Å². The number of hydrogen-bond donors (Lipinski definition) is 0. The maximum absolute atomic E-state index is 12.6. The smallest absolute Gasteiger partial charge is 0.267 e. The molecule has 0 saturated carbocycles. The summed E-state index contributed by atoms with van der Waals surface area (Å²) in [6, 6.07) is 7.44. The summed E-state index contributed by atoms with van der Waals surface area (Å²) in [5.41, 5.74) is 0.730. The average Bonchev–Trinajstić information content (AvgIpc) is 3.10. The molecule has 0 radical (unpaired) electrons. The lowest BCUT2D eigenvalue weighted by Gasteiger charge is -2.38. The number of rotatable bonds is 3. The van der Waals surface area contributed by atoms with Gasteiger partial charge in [0.1, 0.15) is 5.75 Å². The van der Waals surface area contributed by atoms with Crippen LogP contribution in [0.4, 0.5) is 5.69 Å². The second-order valence-corrected chi connectivity index (χ2v) is 6.96. The van der Waals surface area contributed by atoms with Crippen molar-refractivity contribution in [2.45, 2.75) is 38.1 Å². The predicted molar refractivity (Wildman–Crippen MR) is 94.0 cm³/mol. The summed E-state index contributed by atoms with van der Waals surface area (Å²) in [7, 11) is 0. The molecule has 0 bridgehead atoms.